The number of carbonyl (C=O) groups excluding carboxylic acids is 1. The molecule has 0 radical (unpaired) electrons. The van der Waals surface area contributed by atoms with E-state index in [0.29, 0.717) is 11.5 Å². The fourth-order valence-electron chi connectivity index (χ4n) is 3.80. The summed E-state index contributed by atoms with van der Waals surface area (Å²) in [6.45, 7) is 16.2. The Morgan fingerprint density at radius 1 is 0.957 bits per heavy atom. The van der Waals surface area contributed by atoms with Crippen LogP contribution in [0.2, 0.25) is 0 Å². The van der Waals surface area contributed by atoms with Gasteiger partial charge in [0.1, 0.15) is 5.75 Å². The number of ether oxygens (including phenoxy) is 1. The predicted octanol–water partition coefficient (Wildman–Crippen LogP) is 5.70. The van der Waals surface area contributed by atoms with Crippen molar-refractivity contribution in [3.8, 4) is 5.75 Å². The van der Waals surface area contributed by atoms with Crippen molar-refractivity contribution < 1.29 is 9.53 Å². The average Bonchev–Trinajstić information content (AvgIpc) is 2.51. The summed E-state index contributed by atoms with van der Waals surface area (Å²) >= 11 is 0. The number of benzene rings is 1. The third-order valence-electron chi connectivity index (χ3n) is 5.58. The lowest BCUT2D eigenvalue weighted by Crippen LogP contribution is -2.16. The molecule has 23 heavy (non-hydrogen) atoms. The van der Waals surface area contributed by atoms with Crippen LogP contribution in [0.1, 0.15) is 73.3 Å². The lowest BCUT2D eigenvalue weighted by molar-refractivity contribution is -0.130. The number of hydrogen-bond donors (Lipinski definition) is 0. The monoisotopic (exact) mass is 314 g/mol. The summed E-state index contributed by atoms with van der Waals surface area (Å²) in [5.41, 5.74) is 6.69. The van der Waals surface area contributed by atoms with Gasteiger partial charge in [-0.25, -0.2) is 4.79 Å². The van der Waals surface area contributed by atoms with Crippen LogP contribution >= 0.6 is 0 Å². The van der Waals surface area contributed by atoms with Gasteiger partial charge in [-0.05, 0) is 87.1 Å². The van der Waals surface area contributed by atoms with Crippen LogP contribution < -0.4 is 4.74 Å². The first kappa shape index (κ1) is 17.8. The van der Waals surface area contributed by atoms with Crippen molar-refractivity contribution in [2.24, 2.45) is 5.92 Å². The van der Waals surface area contributed by atoms with E-state index < -0.39 is 0 Å². The maximum Gasteiger partial charge on any atom is 0.338 e. The van der Waals surface area contributed by atoms with Crippen molar-refractivity contribution in [2.45, 2.75) is 73.1 Å². The van der Waals surface area contributed by atoms with Crippen LogP contribution in [-0.4, -0.2) is 5.97 Å². The fourth-order valence-corrected chi connectivity index (χ4v) is 3.80. The third kappa shape index (κ3) is 3.52. The minimum absolute atomic E-state index is 0.339. The van der Waals surface area contributed by atoms with Gasteiger partial charge in [0.2, 0.25) is 0 Å². The molecular formula is C21H30O2. The molecule has 1 aliphatic rings. The Morgan fingerprint density at radius 3 is 1.87 bits per heavy atom. The van der Waals surface area contributed by atoms with Gasteiger partial charge in [0.25, 0.3) is 0 Å². The van der Waals surface area contributed by atoms with Crippen molar-refractivity contribution >= 4 is 5.97 Å². The van der Waals surface area contributed by atoms with Crippen molar-refractivity contribution in [1.29, 1.82) is 0 Å². The Morgan fingerprint density at radius 2 is 1.43 bits per heavy atom. The molecule has 2 nitrogen and oxygen atoms in total. The Hall–Kier alpha value is -1.57. The highest BCUT2D eigenvalue weighted by Crippen LogP contribution is 2.42. The number of carbonyl (C=O) groups is 1. The molecule has 1 aromatic rings. The van der Waals surface area contributed by atoms with Gasteiger partial charge in [0.15, 0.2) is 0 Å². The van der Waals surface area contributed by atoms with E-state index in [4.69, 9.17) is 4.74 Å². The SMILES string of the molecule is C=C(C)C(=O)Oc1c(C)c(C)c(C2CCC(C)CC2)c(C)c1C. The smallest absolute Gasteiger partial charge is 0.338 e. The number of hydrogen-bond acceptors (Lipinski definition) is 2. The first-order chi connectivity index (χ1) is 10.7. The molecule has 0 bridgehead atoms. The topological polar surface area (TPSA) is 26.3 Å². The largest absolute Gasteiger partial charge is 0.423 e. The van der Waals surface area contributed by atoms with Gasteiger partial charge < -0.3 is 4.74 Å². The highest BCUT2D eigenvalue weighted by molar-refractivity contribution is 5.89. The van der Waals surface area contributed by atoms with Gasteiger partial charge in [0.05, 0.1) is 0 Å². The van der Waals surface area contributed by atoms with Gasteiger partial charge in [0, 0.05) is 5.57 Å². The van der Waals surface area contributed by atoms with Crippen LogP contribution in [0, 0.1) is 33.6 Å². The molecule has 0 spiro atoms. The molecule has 0 N–H and O–H groups in total. The maximum atomic E-state index is 11.9. The first-order valence-electron chi connectivity index (χ1n) is 8.71. The van der Waals surface area contributed by atoms with Crippen molar-refractivity contribution in [3.05, 3.63) is 40.0 Å². The zero-order chi connectivity index (χ0) is 17.3. The summed E-state index contributed by atoms with van der Waals surface area (Å²) in [4.78, 5) is 11.9. The van der Waals surface area contributed by atoms with E-state index in [1.54, 1.807) is 6.92 Å². The zero-order valence-electron chi connectivity index (χ0n) is 15.5. The molecule has 0 saturated heterocycles. The van der Waals surface area contributed by atoms with E-state index in [0.717, 1.165) is 22.8 Å². The zero-order valence-corrected chi connectivity index (χ0v) is 15.5. The quantitative estimate of drug-likeness (QED) is 0.406. The summed E-state index contributed by atoms with van der Waals surface area (Å²) in [6, 6.07) is 0. The van der Waals surface area contributed by atoms with E-state index in [2.05, 4.69) is 41.2 Å². The van der Waals surface area contributed by atoms with E-state index in [9.17, 15) is 4.79 Å². The molecule has 0 atom stereocenters. The highest BCUT2D eigenvalue weighted by Gasteiger charge is 2.26. The minimum atomic E-state index is -0.339. The molecule has 1 aromatic carbocycles. The highest BCUT2D eigenvalue weighted by atomic mass is 16.5. The lowest BCUT2D eigenvalue weighted by Gasteiger charge is -2.31. The molecule has 1 saturated carbocycles. The van der Waals surface area contributed by atoms with Crippen LogP contribution in [0.4, 0.5) is 0 Å². The Balaban J connectivity index is 2.44. The second-order valence-electron chi connectivity index (χ2n) is 7.37. The minimum Gasteiger partial charge on any atom is -0.423 e. The van der Waals surface area contributed by atoms with Gasteiger partial charge >= 0.3 is 5.97 Å². The van der Waals surface area contributed by atoms with E-state index in [1.807, 2.05) is 0 Å². The van der Waals surface area contributed by atoms with Gasteiger partial charge in [-0.15, -0.1) is 0 Å². The predicted molar refractivity (Wildman–Crippen MR) is 96.2 cm³/mol. The van der Waals surface area contributed by atoms with E-state index in [-0.39, 0.29) is 5.97 Å². The number of esters is 1. The Bertz CT molecular complexity index is 603. The lowest BCUT2D eigenvalue weighted by atomic mass is 9.75. The molecule has 0 unspecified atom stereocenters. The van der Waals surface area contributed by atoms with Gasteiger partial charge in [-0.3, -0.25) is 0 Å². The van der Waals surface area contributed by atoms with Crippen LogP contribution in [0.15, 0.2) is 12.2 Å². The summed E-state index contributed by atoms with van der Waals surface area (Å²) in [5.74, 6) is 1.88. The van der Waals surface area contributed by atoms with Gasteiger partial charge in [-0.2, -0.15) is 0 Å². The second-order valence-corrected chi connectivity index (χ2v) is 7.37. The molecule has 126 valence electrons. The summed E-state index contributed by atoms with van der Waals surface area (Å²) in [5, 5.41) is 0. The van der Waals surface area contributed by atoms with E-state index in [1.165, 1.54) is 42.4 Å². The Labute approximate surface area is 140 Å². The van der Waals surface area contributed by atoms with Crippen LogP contribution in [0.3, 0.4) is 0 Å². The van der Waals surface area contributed by atoms with Gasteiger partial charge in [-0.1, -0.05) is 26.3 Å². The standard InChI is InChI=1S/C21H30O2/c1-12(2)21(22)23-20-16(6)14(4)19(15(5)17(20)7)18-10-8-13(3)9-11-18/h13,18H,1,8-11H2,2-7H3. The van der Waals surface area contributed by atoms with Crippen molar-refractivity contribution in [3.63, 3.8) is 0 Å². The summed E-state index contributed by atoms with van der Waals surface area (Å²) < 4.78 is 5.62. The second kappa shape index (κ2) is 6.90. The van der Waals surface area contributed by atoms with E-state index >= 15 is 0 Å². The summed E-state index contributed by atoms with van der Waals surface area (Å²) in [6.07, 6.45) is 5.17. The third-order valence-corrected chi connectivity index (χ3v) is 5.58. The molecule has 0 amide bonds. The van der Waals surface area contributed by atoms with Crippen LogP contribution in [-0.2, 0) is 4.79 Å². The molecule has 2 heteroatoms. The normalized spacial score (nSPS) is 21.1. The molecule has 1 aliphatic carbocycles. The number of rotatable bonds is 3. The average molecular weight is 314 g/mol. The molecule has 0 aliphatic heterocycles. The maximum absolute atomic E-state index is 11.9. The van der Waals surface area contributed by atoms with Crippen molar-refractivity contribution in [2.75, 3.05) is 0 Å². The molecule has 1 fully saturated rings. The van der Waals surface area contributed by atoms with Crippen LogP contribution in [0.25, 0.3) is 0 Å². The molecule has 0 heterocycles. The molecular weight excluding hydrogens is 284 g/mol. The molecule has 0 aromatic heterocycles. The van der Waals surface area contributed by atoms with Crippen LogP contribution in [0.5, 0.6) is 5.75 Å². The fraction of sp³-hybridized carbons (Fsp3) is 0.571. The van der Waals surface area contributed by atoms with Crippen molar-refractivity contribution in [1.82, 2.24) is 0 Å². The summed E-state index contributed by atoms with van der Waals surface area (Å²) in [7, 11) is 0. The Kier molecular flexibility index (Phi) is 5.33. The molecule has 2 rings (SSSR count). The first-order valence-corrected chi connectivity index (χ1v) is 8.71.